The van der Waals surface area contributed by atoms with Crippen molar-refractivity contribution in [2.24, 2.45) is 0 Å². The monoisotopic (exact) mass is 430 g/mol. The van der Waals surface area contributed by atoms with Crippen molar-refractivity contribution in [1.82, 2.24) is 15.5 Å². The number of thiophene rings is 1. The van der Waals surface area contributed by atoms with E-state index in [1.54, 1.807) is 11.3 Å². The van der Waals surface area contributed by atoms with E-state index >= 15 is 0 Å². The summed E-state index contributed by atoms with van der Waals surface area (Å²) in [4.78, 5) is 7.70. The Kier molecular flexibility index (Phi) is 4.90. The Morgan fingerprint density at radius 2 is 1.73 bits per heavy atom. The van der Waals surface area contributed by atoms with Gasteiger partial charge in [0.1, 0.15) is 0 Å². The quantitative estimate of drug-likeness (QED) is 0.421. The number of hydrogen-bond donors (Lipinski definition) is 1. The summed E-state index contributed by atoms with van der Waals surface area (Å²) in [6, 6.07) is 24.0. The fourth-order valence-corrected chi connectivity index (χ4v) is 4.65. The fraction of sp³-hybridized carbons (Fsp3) is 0.0870. The maximum absolute atomic E-state index is 5.75. The first-order valence-electron chi connectivity index (χ1n) is 9.52. The molecule has 0 amide bonds. The standard InChI is InChI=1S/C23H18N4OS2/c1-15-19(22-25-21(26-28-22)18-13-8-14-30-18)20(16-9-4-2-5-10-16)24-23(29)27(15)17-11-6-3-7-12-17/h2-14,20H,1H3,(H,24,29). The molecule has 1 aliphatic heterocycles. The fourth-order valence-electron chi connectivity index (χ4n) is 3.64. The molecule has 0 radical (unpaired) electrons. The van der Waals surface area contributed by atoms with Crippen molar-refractivity contribution < 1.29 is 4.52 Å². The molecule has 7 heteroatoms. The third-order valence-corrected chi connectivity index (χ3v) is 6.20. The molecule has 148 valence electrons. The summed E-state index contributed by atoms with van der Waals surface area (Å²) < 4.78 is 5.75. The lowest BCUT2D eigenvalue weighted by atomic mass is 9.94. The van der Waals surface area contributed by atoms with E-state index in [9.17, 15) is 0 Å². The second-order valence-corrected chi connectivity index (χ2v) is 8.20. The molecule has 0 fully saturated rings. The minimum Gasteiger partial charge on any atom is -0.351 e. The van der Waals surface area contributed by atoms with Crippen molar-refractivity contribution in [2.45, 2.75) is 13.0 Å². The van der Waals surface area contributed by atoms with E-state index in [1.165, 1.54) is 0 Å². The molecule has 5 nitrogen and oxygen atoms in total. The van der Waals surface area contributed by atoms with Gasteiger partial charge in [-0.2, -0.15) is 4.98 Å². The Morgan fingerprint density at radius 1 is 1.00 bits per heavy atom. The number of nitrogens with one attached hydrogen (secondary N) is 1. The Balaban J connectivity index is 1.67. The SMILES string of the molecule is CC1=C(c2nc(-c3cccs3)no2)C(c2ccccc2)NC(=S)N1c1ccccc1. The molecule has 0 spiro atoms. The first kappa shape index (κ1) is 18.7. The molecule has 1 N–H and O–H groups in total. The number of rotatable bonds is 4. The van der Waals surface area contributed by atoms with Crippen LogP contribution in [0.25, 0.3) is 16.3 Å². The van der Waals surface area contributed by atoms with Gasteiger partial charge < -0.3 is 9.84 Å². The molecule has 1 aliphatic rings. The maximum atomic E-state index is 5.75. The largest absolute Gasteiger partial charge is 0.351 e. The predicted molar refractivity (Wildman–Crippen MR) is 124 cm³/mol. The summed E-state index contributed by atoms with van der Waals surface area (Å²) in [5, 5.41) is 10.3. The molecular weight excluding hydrogens is 412 g/mol. The van der Waals surface area contributed by atoms with Gasteiger partial charge in [-0.25, -0.2) is 0 Å². The highest BCUT2D eigenvalue weighted by atomic mass is 32.1. The number of aromatic nitrogens is 2. The Morgan fingerprint density at radius 3 is 2.43 bits per heavy atom. The smallest absolute Gasteiger partial charge is 0.258 e. The second kappa shape index (κ2) is 7.85. The van der Waals surface area contributed by atoms with E-state index < -0.39 is 0 Å². The predicted octanol–water partition coefficient (Wildman–Crippen LogP) is 5.67. The highest BCUT2D eigenvalue weighted by Gasteiger charge is 2.34. The molecule has 30 heavy (non-hydrogen) atoms. The van der Waals surface area contributed by atoms with Crippen LogP contribution in [-0.2, 0) is 0 Å². The highest BCUT2D eigenvalue weighted by molar-refractivity contribution is 7.80. The van der Waals surface area contributed by atoms with Gasteiger partial charge in [-0.1, -0.05) is 59.8 Å². The minimum atomic E-state index is -0.185. The molecule has 0 bridgehead atoms. The lowest BCUT2D eigenvalue weighted by Gasteiger charge is -2.37. The molecule has 1 unspecified atom stereocenters. The van der Waals surface area contributed by atoms with Gasteiger partial charge in [0.15, 0.2) is 5.11 Å². The number of hydrogen-bond acceptors (Lipinski definition) is 5. The van der Waals surface area contributed by atoms with E-state index in [0.717, 1.165) is 27.4 Å². The number of allylic oxidation sites excluding steroid dienone is 1. The average Bonchev–Trinajstić information content (AvgIpc) is 3.47. The van der Waals surface area contributed by atoms with Gasteiger partial charge in [0.25, 0.3) is 5.89 Å². The maximum Gasteiger partial charge on any atom is 0.258 e. The average molecular weight is 431 g/mol. The number of para-hydroxylation sites is 1. The summed E-state index contributed by atoms with van der Waals surface area (Å²) in [6.07, 6.45) is 0. The second-order valence-electron chi connectivity index (χ2n) is 6.86. The molecule has 4 aromatic rings. The van der Waals surface area contributed by atoms with Crippen molar-refractivity contribution in [3.63, 3.8) is 0 Å². The first-order chi connectivity index (χ1) is 14.7. The van der Waals surface area contributed by atoms with Crippen LogP contribution in [0.1, 0.15) is 24.4 Å². The minimum absolute atomic E-state index is 0.185. The van der Waals surface area contributed by atoms with Gasteiger partial charge in [-0.15, -0.1) is 11.3 Å². The van der Waals surface area contributed by atoms with Crippen molar-refractivity contribution in [3.8, 4) is 10.7 Å². The van der Waals surface area contributed by atoms with Crippen LogP contribution in [0.2, 0.25) is 0 Å². The summed E-state index contributed by atoms with van der Waals surface area (Å²) in [7, 11) is 0. The lowest BCUT2D eigenvalue weighted by molar-refractivity contribution is 0.404. The van der Waals surface area contributed by atoms with Gasteiger partial charge in [-0.05, 0) is 48.3 Å². The number of thiocarbonyl (C=S) groups is 1. The molecule has 2 aromatic heterocycles. The van der Waals surface area contributed by atoms with E-state index in [0.29, 0.717) is 16.8 Å². The van der Waals surface area contributed by atoms with E-state index in [1.807, 2.05) is 77.9 Å². The van der Waals surface area contributed by atoms with Gasteiger partial charge in [0, 0.05) is 11.4 Å². The summed E-state index contributed by atoms with van der Waals surface area (Å²) in [6.45, 7) is 2.04. The molecule has 3 heterocycles. The molecule has 5 rings (SSSR count). The normalized spacial score (nSPS) is 16.6. The van der Waals surface area contributed by atoms with E-state index in [2.05, 4.69) is 22.6 Å². The Labute approximate surface area is 183 Å². The van der Waals surface area contributed by atoms with Crippen LogP contribution in [0.4, 0.5) is 5.69 Å². The van der Waals surface area contributed by atoms with Gasteiger partial charge in [0.05, 0.1) is 16.5 Å². The molecule has 0 saturated heterocycles. The zero-order chi connectivity index (χ0) is 20.5. The number of anilines is 1. The summed E-state index contributed by atoms with van der Waals surface area (Å²) in [5.74, 6) is 1.08. The zero-order valence-corrected chi connectivity index (χ0v) is 17.8. The van der Waals surface area contributed by atoms with Crippen LogP contribution in [-0.4, -0.2) is 15.3 Å². The number of nitrogens with zero attached hydrogens (tertiary/aromatic N) is 3. The molecule has 2 aromatic carbocycles. The zero-order valence-electron chi connectivity index (χ0n) is 16.1. The van der Waals surface area contributed by atoms with Crippen molar-refractivity contribution in [1.29, 1.82) is 0 Å². The van der Waals surface area contributed by atoms with Crippen LogP contribution < -0.4 is 10.2 Å². The van der Waals surface area contributed by atoms with Crippen LogP contribution in [0.5, 0.6) is 0 Å². The van der Waals surface area contributed by atoms with Crippen LogP contribution in [0.3, 0.4) is 0 Å². The van der Waals surface area contributed by atoms with Crippen molar-refractivity contribution in [3.05, 3.63) is 95.3 Å². The van der Waals surface area contributed by atoms with Gasteiger partial charge in [0.2, 0.25) is 5.82 Å². The third kappa shape index (κ3) is 3.32. The van der Waals surface area contributed by atoms with Crippen LogP contribution >= 0.6 is 23.6 Å². The van der Waals surface area contributed by atoms with Crippen LogP contribution in [0.15, 0.2) is 88.4 Å². The number of benzene rings is 2. The molecule has 1 atom stereocenters. The topological polar surface area (TPSA) is 54.2 Å². The van der Waals surface area contributed by atoms with Crippen LogP contribution in [0, 0.1) is 0 Å². The van der Waals surface area contributed by atoms with E-state index in [4.69, 9.17) is 21.7 Å². The summed E-state index contributed by atoms with van der Waals surface area (Å²) >= 11 is 7.34. The highest BCUT2D eigenvalue weighted by Crippen LogP contribution is 2.39. The third-order valence-electron chi connectivity index (χ3n) is 5.03. The molecule has 0 saturated carbocycles. The first-order valence-corrected chi connectivity index (χ1v) is 10.8. The van der Waals surface area contributed by atoms with Crippen molar-refractivity contribution >= 4 is 39.9 Å². The van der Waals surface area contributed by atoms with Gasteiger partial charge in [-0.3, -0.25) is 4.90 Å². The van der Waals surface area contributed by atoms with E-state index in [-0.39, 0.29) is 6.04 Å². The molecular formula is C23H18N4OS2. The molecule has 0 aliphatic carbocycles. The Hall–Kier alpha value is -3.29. The lowest BCUT2D eigenvalue weighted by Crippen LogP contribution is -2.46. The van der Waals surface area contributed by atoms with Crippen molar-refractivity contribution in [2.75, 3.05) is 4.90 Å². The Bertz CT molecular complexity index is 1200. The van der Waals surface area contributed by atoms with Gasteiger partial charge >= 0.3 is 0 Å². The summed E-state index contributed by atoms with van der Waals surface area (Å²) in [5.41, 5.74) is 3.93.